The molecule has 1 amide bonds. The normalized spacial score (nSPS) is 12.0. The number of carbonyl (C=O) groups excluding carboxylic acids is 1. The van der Waals surface area contributed by atoms with E-state index in [9.17, 15) is 14.7 Å². The first kappa shape index (κ1) is 15.9. The van der Waals surface area contributed by atoms with Crippen LogP contribution in [0.15, 0.2) is 65.7 Å². The van der Waals surface area contributed by atoms with Crippen LogP contribution in [0.3, 0.4) is 0 Å². The lowest BCUT2D eigenvalue weighted by Gasteiger charge is -2.12. The molecule has 6 nitrogen and oxygen atoms in total. The molecule has 0 fully saturated rings. The number of hydrogen-bond acceptors (Lipinski definition) is 4. The van der Waals surface area contributed by atoms with Gasteiger partial charge in [0.25, 0.3) is 11.5 Å². The van der Waals surface area contributed by atoms with E-state index < -0.39 is 17.6 Å². The van der Waals surface area contributed by atoms with Gasteiger partial charge in [-0.1, -0.05) is 36.4 Å². The molecule has 1 aromatic carbocycles. The summed E-state index contributed by atoms with van der Waals surface area (Å²) in [6.07, 6.45) is 2.52. The summed E-state index contributed by atoms with van der Waals surface area (Å²) in [6.45, 7) is 0.0602. The van der Waals surface area contributed by atoms with Crippen LogP contribution >= 0.6 is 0 Å². The second-order valence-electron chi connectivity index (χ2n) is 5.46. The first-order chi connectivity index (χ1) is 11.6. The molecule has 0 saturated heterocycles. The zero-order valence-corrected chi connectivity index (χ0v) is 12.9. The minimum absolute atomic E-state index is 0.0504. The molecule has 1 unspecified atom stereocenters. The van der Waals surface area contributed by atoms with Crippen molar-refractivity contribution >= 4 is 11.6 Å². The number of hydrogen-bond donors (Lipinski definition) is 2. The van der Waals surface area contributed by atoms with Gasteiger partial charge in [0, 0.05) is 25.4 Å². The zero-order valence-electron chi connectivity index (χ0n) is 12.9. The topological polar surface area (TPSA) is 83.7 Å². The minimum atomic E-state index is -0.729. The second-order valence-corrected chi connectivity index (χ2v) is 5.46. The lowest BCUT2D eigenvalue weighted by molar-refractivity contribution is 0.0914. The SMILES string of the molecule is O=C(NCC(O)Cc1ccccc1)c1cnc2ccccn2c1=O. The number of pyridine rings is 1. The number of nitrogens with zero attached hydrogens (tertiary/aromatic N) is 2. The Morgan fingerprint density at radius 1 is 1.17 bits per heavy atom. The quantitative estimate of drug-likeness (QED) is 0.734. The molecule has 0 radical (unpaired) electrons. The fourth-order valence-corrected chi connectivity index (χ4v) is 2.45. The Morgan fingerprint density at radius 3 is 2.71 bits per heavy atom. The Bertz CT molecular complexity index is 906. The first-order valence-corrected chi connectivity index (χ1v) is 7.62. The Labute approximate surface area is 138 Å². The van der Waals surface area contributed by atoms with Crippen molar-refractivity contribution in [2.24, 2.45) is 0 Å². The van der Waals surface area contributed by atoms with Crippen LogP contribution in [0.1, 0.15) is 15.9 Å². The van der Waals surface area contributed by atoms with Crippen molar-refractivity contribution < 1.29 is 9.90 Å². The van der Waals surface area contributed by atoms with E-state index >= 15 is 0 Å². The van der Waals surface area contributed by atoms with E-state index in [1.807, 2.05) is 30.3 Å². The Morgan fingerprint density at radius 2 is 1.92 bits per heavy atom. The third kappa shape index (κ3) is 3.49. The van der Waals surface area contributed by atoms with Gasteiger partial charge >= 0.3 is 0 Å². The highest BCUT2D eigenvalue weighted by Crippen LogP contribution is 2.03. The average molecular weight is 323 g/mol. The van der Waals surface area contributed by atoms with Crippen molar-refractivity contribution in [2.45, 2.75) is 12.5 Å². The summed E-state index contributed by atoms with van der Waals surface area (Å²) in [6, 6.07) is 14.6. The summed E-state index contributed by atoms with van der Waals surface area (Å²) in [5.74, 6) is -0.544. The summed E-state index contributed by atoms with van der Waals surface area (Å²) >= 11 is 0. The molecular weight excluding hydrogens is 306 g/mol. The van der Waals surface area contributed by atoms with Gasteiger partial charge in [-0.15, -0.1) is 0 Å². The molecule has 0 aliphatic carbocycles. The van der Waals surface area contributed by atoms with Crippen LogP contribution in [0, 0.1) is 0 Å². The van der Waals surface area contributed by atoms with Gasteiger partial charge in [-0.3, -0.25) is 14.0 Å². The van der Waals surface area contributed by atoms with Crippen molar-refractivity contribution in [3.8, 4) is 0 Å². The van der Waals surface area contributed by atoms with E-state index in [0.29, 0.717) is 12.1 Å². The van der Waals surface area contributed by atoms with Gasteiger partial charge in [-0.25, -0.2) is 4.98 Å². The molecule has 0 aliphatic rings. The minimum Gasteiger partial charge on any atom is -0.391 e. The zero-order chi connectivity index (χ0) is 16.9. The van der Waals surface area contributed by atoms with Crippen LogP contribution < -0.4 is 10.9 Å². The number of aliphatic hydroxyl groups is 1. The van der Waals surface area contributed by atoms with Crippen LogP contribution in [-0.2, 0) is 6.42 Å². The molecule has 1 atom stereocenters. The summed E-state index contributed by atoms with van der Waals surface area (Å²) < 4.78 is 1.31. The molecule has 24 heavy (non-hydrogen) atoms. The largest absolute Gasteiger partial charge is 0.391 e. The predicted molar refractivity (Wildman–Crippen MR) is 89.9 cm³/mol. The molecule has 3 aromatic rings. The third-order valence-electron chi connectivity index (χ3n) is 3.67. The van der Waals surface area contributed by atoms with Crippen molar-refractivity contribution in [2.75, 3.05) is 6.54 Å². The fraction of sp³-hybridized carbons (Fsp3) is 0.167. The molecule has 0 bridgehead atoms. The van der Waals surface area contributed by atoms with Crippen LogP contribution in [0.5, 0.6) is 0 Å². The summed E-state index contributed by atoms with van der Waals surface area (Å²) in [7, 11) is 0. The maximum atomic E-state index is 12.3. The molecule has 0 aliphatic heterocycles. The maximum Gasteiger partial charge on any atom is 0.270 e. The Balaban J connectivity index is 1.67. The van der Waals surface area contributed by atoms with Crippen LogP contribution in [-0.4, -0.2) is 33.0 Å². The standard InChI is InChI=1S/C18H17N3O3/c22-14(10-13-6-2-1-3-7-13)11-20-17(23)15-12-19-16-8-4-5-9-21(16)18(15)24/h1-9,12,14,22H,10-11H2,(H,20,23). The van der Waals surface area contributed by atoms with Crippen LogP contribution in [0.4, 0.5) is 0 Å². The Kier molecular flexibility index (Phi) is 4.67. The van der Waals surface area contributed by atoms with Gasteiger partial charge in [-0.2, -0.15) is 0 Å². The third-order valence-corrected chi connectivity index (χ3v) is 3.67. The highest BCUT2D eigenvalue weighted by Gasteiger charge is 2.14. The van der Waals surface area contributed by atoms with E-state index in [-0.39, 0.29) is 12.1 Å². The van der Waals surface area contributed by atoms with Gasteiger partial charge in [0.05, 0.1) is 6.10 Å². The molecule has 2 aromatic heterocycles. The van der Waals surface area contributed by atoms with Gasteiger partial charge < -0.3 is 10.4 Å². The van der Waals surface area contributed by atoms with Crippen molar-refractivity contribution in [1.29, 1.82) is 0 Å². The molecule has 3 rings (SSSR count). The number of aliphatic hydroxyl groups excluding tert-OH is 1. The van der Waals surface area contributed by atoms with E-state index in [2.05, 4.69) is 10.3 Å². The van der Waals surface area contributed by atoms with E-state index in [1.54, 1.807) is 24.4 Å². The predicted octanol–water partition coefficient (Wildman–Crippen LogP) is 1.03. The van der Waals surface area contributed by atoms with Crippen LogP contribution in [0.2, 0.25) is 0 Å². The van der Waals surface area contributed by atoms with Gasteiger partial charge in [0.1, 0.15) is 11.2 Å². The number of benzene rings is 1. The summed E-state index contributed by atoms with van der Waals surface area (Å²) in [4.78, 5) is 28.6. The second kappa shape index (κ2) is 7.06. The van der Waals surface area contributed by atoms with E-state index in [1.165, 1.54) is 10.6 Å². The van der Waals surface area contributed by atoms with Crippen molar-refractivity contribution in [3.63, 3.8) is 0 Å². The van der Waals surface area contributed by atoms with Crippen molar-refractivity contribution in [3.05, 3.63) is 82.4 Å². The lowest BCUT2D eigenvalue weighted by Crippen LogP contribution is -2.36. The summed E-state index contributed by atoms with van der Waals surface area (Å²) in [5.41, 5.74) is 0.969. The number of rotatable bonds is 5. The Hall–Kier alpha value is -2.99. The van der Waals surface area contributed by atoms with E-state index in [0.717, 1.165) is 5.56 Å². The smallest absolute Gasteiger partial charge is 0.270 e. The molecule has 2 heterocycles. The molecule has 2 N–H and O–H groups in total. The molecule has 6 heteroatoms. The van der Waals surface area contributed by atoms with Gasteiger partial charge in [0.2, 0.25) is 0 Å². The monoisotopic (exact) mass is 323 g/mol. The van der Waals surface area contributed by atoms with Crippen molar-refractivity contribution in [1.82, 2.24) is 14.7 Å². The number of nitrogens with one attached hydrogen (secondary N) is 1. The van der Waals surface area contributed by atoms with Gasteiger partial charge in [-0.05, 0) is 17.7 Å². The van der Waals surface area contributed by atoms with E-state index in [4.69, 9.17) is 0 Å². The number of amides is 1. The fourth-order valence-electron chi connectivity index (χ4n) is 2.45. The lowest BCUT2D eigenvalue weighted by atomic mass is 10.1. The highest BCUT2D eigenvalue weighted by atomic mass is 16.3. The number of aromatic nitrogens is 2. The highest BCUT2D eigenvalue weighted by molar-refractivity contribution is 5.93. The van der Waals surface area contributed by atoms with Crippen LogP contribution in [0.25, 0.3) is 5.65 Å². The molecule has 122 valence electrons. The maximum absolute atomic E-state index is 12.3. The van der Waals surface area contributed by atoms with Gasteiger partial charge in [0.15, 0.2) is 0 Å². The molecule has 0 saturated carbocycles. The number of fused-ring (bicyclic) bond motifs is 1. The molecular formula is C18H17N3O3. The number of carbonyl (C=O) groups is 1. The molecule has 0 spiro atoms. The first-order valence-electron chi connectivity index (χ1n) is 7.62. The summed E-state index contributed by atoms with van der Waals surface area (Å²) in [5, 5.41) is 12.6. The average Bonchev–Trinajstić information content (AvgIpc) is 2.61.